The summed E-state index contributed by atoms with van der Waals surface area (Å²) in [5.74, 6) is -1.07. The number of aliphatic carboxylic acids is 1. The number of benzene rings is 2. The van der Waals surface area contributed by atoms with Gasteiger partial charge in [-0.05, 0) is 11.6 Å². The minimum atomic E-state index is -1.07. The van der Waals surface area contributed by atoms with Crippen molar-refractivity contribution < 1.29 is 14.6 Å². The number of nitrogens with zero attached hydrogens (tertiary/aromatic N) is 1. The molecule has 0 atom stereocenters. The van der Waals surface area contributed by atoms with Crippen molar-refractivity contribution >= 4 is 17.4 Å². The van der Waals surface area contributed by atoms with Crippen molar-refractivity contribution in [2.24, 2.45) is 4.99 Å². The summed E-state index contributed by atoms with van der Waals surface area (Å²) in [5, 5.41) is 8.76. The molecular weight excluding hydrogens is 304 g/mol. The number of hydrogen-bond donors (Lipinski definition) is 2. The fourth-order valence-electron chi connectivity index (χ4n) is 1.78. The Morgan fingerprint density at radius 3 is 2.08 bits per heavy atom. The first-order chi connectivity index (χ1) is 11.6. The fraction of sp³-hybridized carbons (Fsp3) is 0.263. The smallest absolute Gasteiger partial charge is 0.354 e. The monoisotopic (exact) mass is 330 g/mol. The largest absolute Gasteiger partial charge is 0.477 e. The molecule has 24 heavy (non-hydrogen) atoms. The Hall–Kier alpha value is -2.66. The maximum atomic E-state index is 10.7. The standard InChI is InChI=1S/C9H10N2O2.C8H10O.C2H6/c1-11-8(9(12)13)6-4-2-3-5-7(6)10;1-9-7-8-5-3-2-4-6-8;1-2/h2-5H,10H2,1H3,(H,12,13);2-6H,7H2,1H3;1-2H3. The topological polar surface area (TPSA) is 84.9 Å². The van der Waals surface area contributed by atoms with Crippen molar-refractivity contribution in [1.82, 2.24) is 0 Å². The van der Waals surface area contributed by atoms with Gasteiger partial charge >= 0.3 is 5.97 Å². The Labute approximate surface area is 143 Å². The van der Waals surface area contributed by atoms with E-state index in [1.54, 1.807) is 31.4 Å². The highest BCUT2D eigenvalue weighted by molar-refractivity contribution is 6.43. The lowest BCUT2D eigenvalue weighted by Crippen LogP contribution is -2.15. The summed E-state index contributed by atoms with van der Waals surface area (Å²) in [6.07, 6.45) is 0. The molecule has 0 heterocycles. The molecule has 0 saturated carbocycles. The van der Waals surface area contributed by atoms with E-state index in [1.165, 1.54) is 12.6 Å². The first-order valence-corrected chi connectivity index (χ1v) is 7.68. The Bertz CT molecular complexity index is 626. The van der Waals surface area contributed by atoms with Gasteiger partial charge in [-0.25, -0.2) is 4.79 Å². The number of nitrogens with two attached hydrogens (primary N) is 1. The lowest BCUT2D eigenvalue weighted by Gasteiger charge is -2.03. The van der Waals surface area contributed by atoms with E-state index in [1.807, 2.05) is 44.2 Å². The summed E-state index contributed by atoms with van der Waals surface area (Å²) in [7, 11) is 3.13. The number of nitrogen functional groups attached to an aromatic ring is 1. The molecule has 0 unspecified atom stereocenters. The molecular formula is C19H26N2O3. The number of carbonyl (C=O) groups is 1. The van der Waals surface area contributed by atoms with Crippen molar-refractivity contribution in [2.45, 2.75) is 20.5 Å². The number of anilines is 1. The van der Waals surface area contributed by atoms with Crippen molar-refractivity contribution in [3.63, 3.8) is 0 Å². The van der Waals surface area contributed by atoms with Crippen LogP contribution in [0.25, 0.3) is 0 Å². The third kappa shape index (κ3) is 7.56. The van der Waals surface area contributed by atoms with Gasteiger partial charge in [0.1, 0.15) is 0 Å². The molecule has 0 bridgehead atoms. The second kappa shape index (κ2) is 12.8. The van der Waals surface area contributed by atoms with Gasteiger partial charge in [-0.2, -0.15) is 0 Å². The lowest BCUT2D eigenvalue weighted by molar-refractivity contribution is -0.129. The van der Waals surface area contributed by atoms with Crippen molar-refractivity contribution in [3.8, 4) is 0 Å². The SMILES string of the molecule is CC.CN=C(C(=O)O)c1ccccc1N.COCc1ccccc1. The van der Waals surface area contributed by atoms with Gasteiger partial charge in [0.05, 0.1) is 6.61 Å². The minimum absolute atomic E-state index is 0.0156. The van der Waals surface area contributed by atoms with Gasteiger partial charge in [0.15, 0.2) is 5.71 Å². The molecule has 0 aliphatic rings. The van der Waals surface area contributed by atoms with Crippen LogP contribution in [0.1, 0.15) is 25.0 Å². The zero-order valence-corrected chi connectivity index (χ0v) is 14.7. The summed E-state index contributed by atoms with van der Waals surface area (Å²) in [6, 6.07) is 16.8. The van der Waals surface area contributed by atoms with Crippen molar-refractivity contribution in [1.29, 1.82) is 0 Å². The first kappa shape index (κ1) is 21.3. The number of ether oxygens (including phenoxy) is 1. The molecule has 0 spiro atoms. The molecule has 0 aliphatic carbocycles. The van der Waals surface area contributed by atoms with Gasteiger partial charge in [-0.15, -0.1) is 0 Å². The quantitative estimate of drug-likeness (QED) is 0.662. The number of rotatable bonds is 4. The predicted octanol–water partition coefficient (Wildman–Crippen LogP) is 3.63. The summed E-state index contributed by atoms with van der Waals surface area (Å²) in [6.45, 7) is 4.71. The fourth-order valence-corrected chi connectivity index (χ4v) is 1.78. The molecule has 0 amide bonds. The third-order valence-corrected chi connectivity index (χ3v) is 2.80. The molecule has 0 radical (unpaired) electrons. The molecule has 0 aliphatic heterocycles. The molecule has 0 aromatic heterocycles. The van der Waals surface area contributed by atoms with E-state index in [0.29, 0.717) is 17.9 Å². The average Bonchev–Trinajstić information content (AvgIpc) is 2.61. The summed E-state index contributed by atoms with van der Waals surface area (Å²) in [4.78, 5) is 14.4. The van der Waals surface area contributed by atoms with E-state index in [9.17, 15) is 4.79 Å². The van der Waals surface area contributed by atoms with E-state index >= 15 is 0 Å². The van der Waals surface area contributed by atoms with Gasteiger partial charge in [0.2, 0.25) is 0 Å². The van der Waals surface area contributed by atoms with Gasteiger partial charge < -0.3 is 15.6 Å². The van der Waals surface area contributed by atoms with Crippen LogP contribution in [-0.2, 0) is 16.1 Å². The molecule has 5 nitrogen and oxygen atoms in total. The van der Waals surface area contributed by atoms with E-state index in [2.05, 4.69) is 4.99 Å². The zero-order chi connectivity index (χ0) is 18.4. The summed E-state index contributed by atoms with van der Waals surface area (Å²) < 4.78 is 4.93. The molecule has 3 N–H and O–H groups in total. The molecule has 5 heteroatoms. The maximum Gasteiger partial charge on any atom is 0.354 e. The average molecular weight is 330 g/mol. The van der Waals surface area contributed by atoms with Crippen LogP contribution in [0.15, 0.2) is 59.6 Å². The first-order valence-electron chi connectivity index (χ1n) is 7.68. The van der Waals surface area contributed by atoms with Crippen LogP contribution >= 0.6 is 0 Å². The Kier molecular flexibility index (Phi) is 11.4. The number of para-hydroxylation sites is 1. The highest BCUT2D eigenvalue weighted by Crippen LogP contribution is 2.11. The summed E-state index contributed by atoms with van der Waals surface area (Å²) in [5.41, 5.74) is 7.68. The molecule has 2 aromatic carbocycles. The van der Waals surface area contributed by atoms with E-state index < -0.39 is 5.97 Å². The van der Waals surface area contributed by atoms with Crippen LogP contribution < -0.4 is 5.73 Å². The van der Waals surface area contributed by atoms with E-state index in [0.717, 1.165) is 0 Å². The Morgan fingerprint density at radius 2 is 1.62 bits per heavy atom. The number of carboxylic acid groups (broad SMARTS) is 1. The molecule has 2 aromatic rings. The second-order valence-electron chi connectivity index (χ2n) is 4.38. The van der Waals surface area contributed by atoms with E-state index in [-0.39, 0.29) is 5.71 Å². The minimum Gasteiger partial charge on any atom is -0.477 e. The number of carboxylic acids is 1. The number of methoxy groups -OCH3 is 1. The lowest BCUT2D eigenvalue weighted by atomic mass is 10.1. The molecule has 0 fully saturated rings. The molecule has 0 saturated heterocycles. The van der Waals surface area contributed by atoms with Crippen molar-refractivity contribution in [3.05, 3.63) is 65.7 Å². The van der Waals surface area contributed by atoms with Crippen LogP contribution in [0.2, 0.25) is 0 Å². The van der Waals surface area contributed by atoms with Gasteiger partial charge in [-0.3, -0.25) is 4.99 Å². The maximum absolute atomic E-state index is 10.7. The number of hydrogen-bond acceptors (Lipinski definition) is 4. The Balaban J connectivity index is 0.000000420. The van der Waals surface area contributed by atoms with Crippen LogP contribution in [0.5, 0.6) is 0 Å². The Morgan fingerprint density at radius 1 is 1.08 bits per heavy atom. The number of aliphatic imine (C=N–C) groups is 1. The van der Waals surface area contributed by atoms with Gasteiger partial charge in [0, 0.05) is 25.4 Å². The van der Waals surface area contributed by atoms with E-state index in [4.69, 9.17) is 15.6 Å². The van der Waals surface area contributed by atoms with Crippen LogP contribution in [0.3, 0.4) is 0 Å². The van der Waals surface area contributed by atoms with Crippen LogP contribution in [0.4, 0.5) is 5.69 Å². The second-order valence-corrected chi connectivity index (χ2v) is 4.38. The molecule has 2 rings (SSSR count). The highest BCUT2D eigenvalue weighted by Gasteiger charge is 2.13. The van der Waals surface area contributed by atoms with Crippen LogP contribution in [-0.4, -0.2) is 30.9 Å². The van der Waals surface area contributed by atoms with Crippen molar-refractivity contribution in [2.75, 3.05) is 19.9 Å². The zero-order valence-electron chi connectivity index (χ0n) is 14.7. The normalized spacial score (nSPS) is 9.92. The van der Waals surface area contributed by atoms with Gasteiger partial charge in [-0.1, -0.05) is 62.4 Å². The van der Waals surface area contributed by atoms with Crippen LogP contribution in [0, 0.1) is 0 Å². The third-order valence-electron chi connectivity index (χ3n) is 2.80. The van der Waals surface area contributed by atoms with Gasteiger partial charge in [0.25, 0.3) is 0 Å². The molecule has 130 valence electrons. The predicted molar refractivity (Wildman–Crippen MR) is 99.5 cm³/mol. The summed E-state index contributed by atoms with van der Waals surface area (Å²) >= 11 is 0. The highest BCUT2D eigenvalue weighted by atomic mass is 16.5.